The summed E-state index contributed by atoms with van der Waals surface area (Å²) in [5, 5.41) is 3.41. The zero-order valence-corrected chi connectivity index (χ0v) is 11.1. The zero-order valence-electron chi connectivity index (χ0n) is 11.1. The summed E-state index contributed by atoms with van der Waals surface area (Å²) in [6, 6.07) is 7.81. The fourth-order valence-corrected chi connectivity index (χ4v) is 2.41. The molecule has 102 valence electrons. The molecule has 0 aliphatic carbocycles. The summed E-state index contributed by atoms with van der Waals surface area (Å²) in [5.74, 6) is 2.80. The third-order valence-corrected chi connectivity index (χ3v) is 3.48. The monoisotopic (exact) mass is 260 g/mol. The van der Waals surface area contributed by atoms with Gasteiger partial charge in [-0.15, -0.1) is 0 Å². The molecule has 0 bridgehead atoms. The Bertz CT molecular complexity index is 459. The van der Waals surface area contributed by atoms with Crippen molar-refractivity contribution >= 4 is 5.84 Å². The molecule has 0 spiro atoms. The summed E-state index contributed by atoms with van der Waals surface area (Å²) in [7, 11) is 0. The van der Waals surface area contributed by atoms with Gasteiger partial charge in [-0.2, -0.15) is 0 Å². The Morgan fingerprint density at radius 1 is 1.16 bits per heavy atom. The van der Waals surface area contributed by atoms with Crippen molar-refractivity contribution in [2.24, 2.45) is 4.99 Å². The summed E-state index contributed by atoms with van der Waals surface area (Å²) in [6.07, 6.45) is 4.84. The van der Waals surface area contributed by atoms with Crippen LogP contribution in [0.25, 0.3) is 0 Å². The van der Waals surface area contributed by atoms with Gasteiger partial charge in [-0.1, -0.05) is 18.6 Å². The summed E-state index contributed by atoms with van der Waals surface area (Å²) < 4.78 is 11.6. The van der Waals surface area contributed by atoms with E-state index in [-0.39, 0.29) is 6.10 Å². The first kappa shape index (κ1) is 12.3. The van der Waals surface area contributed by atoms with Gasteiger partial charge in [0.2, 0.25) is 0 Å². The van der Waals surface area contributed by atoms with Gasteiger partial charge in [-0.25, -0.2) is 0 Å². The molecule has 2 heterocycles. The standard InChI is InChI=1S/C15H20N2O2/c1-2-8-15(16-9-5-1)17-10-12-11-18-13-6-3-4-7-14(13)19-12/h3-4,6-7,12H,1-2,5,8-11H2,(H,16,17)/t12-/m1/s1. The van der Waals surface area contributed by atoms with E-state index in [0.717, 1.165) is 36.8 Å². The predicted molar refractivity (Wildman–Crippen MR) is 75.1 cm³/mol. The van der Waals surface area contributed by atoms with Crippen LogP contribution in [0, 0.1) is 0 Å². The third kappa shape index (κ3) is 3.19. The highest BCUT2D eigenvalue weighted by Crippen LogP contribution is 2.30. The molecule has 0 radical (unpaired) electrons. The topological polar surface area (TPSA) is 42.8 Å². The van der Waals surface area contributed by atoms with Crippen LogP contribution in [0.4, 0.5) is 0 Å². The van der Waals surface area contributed by atoms with Crippen LogP contribution in [0.1, 0.15) is 25.7 Å². The lowest BCUT2D eigenvalue weighted by Gasteiger charge is -2.27. The van der Waals surface area contributed by atoms with Crippen LogP contribution in [0.5, 0.6) is 11.5 Å². The average Bonchev–Trinajstić information content (AvgIpc) is 2.73. The van der Waals surface area contributed by atoms with Crippen molar-refractivity contribution < 1.29 is 9.47 Å². The molecule has 2 aliphatic heterocycles. The molecule has 2 aliphatic rings. The number of rotatable bonds is 2. The van der Waals surface area contributed by atoms with Crippen molar-refractivity contribution in [1.29, 1.82) is 0 Å². The number of hydrogen-bond acceptors (Lipinski definition) is 4. The number of fused-ring (bicyclic) bond motifs is 1. The molecule has 0 amide bonds. The van der Waals surface area contributed by atoms with Crippen molar-refractivity contribution in [3.05, 3.63) is 24.3 Å². The van der Waals surface area contributed by atoms with E-state index in [9.17, 15) is 0 Å². The fourth-order valence-electron chi connectivity index (χ4n) is 2.41. The summed E-state index contributed by atoms with van der Waals surface area (Å²) in [6.45, 7) is 2.30. The smallest absolute Gasteiger partial charge is 0.161 e. The molecule has 1 aromatic rings. The number of nitrogens with one attached hydrogen (secondary N) is 1. The molecule has 1 atom stereocenters. The van der Waals surface area contributed by atoms with E-state index in [1.165, 1.54) is 19.3 Å². The van der Waals surface area contributed by atoms with Crippen molar-refractivity contribution in [3.63, 3.8) is 0 Å². The van der Waals surface area contributed by atoms with Gasteiger partial charge in [0.15, 0.2) is 11.5 Å². The lowest BCUT2D eigenvalue weighted by molar-refractivity contribution is 0.0937. The minimum atomic E-state index is 0.0563. The first-order valence-electron chi connectivity index (χ1n) is 7.07. The molecule has 0 fully saturated rings. The number of hydrogen-bond donors (Lipinski definition) is 1. The second kappa shape index (κ2) is 5.95. The lowest BCUT2D eigenvalue weighted by atomic mass is 10.2. The largest absolute Gasteiger partial charge is 0.486 e. The van der Waals surface area contributed by atoms with Crippen molar-refractivity contribution in [1.82, 2.24) is 5.32 Å². The van der Waals surface area contributed by atoms with Gasteiger partial charge >= 0.3 is 0 Å². The minimum absolute atomic E-state index is 0.0563. The van der Waals surface area contributed by atoms with E-state index >= 15 is 0 Å². The number of para-hydroxylation sites is 2. The highest BCUT2D eigenvalue weighted by Gasteiger charge is 2.20. The fraction of sp³-hybridized carbons (Fsp3) is 0.533. The van der Waals surface area contributed by atoms with Crippen LogP contribution in [-0.4, -0.2) is 31.6 Å². The van der Waals surface area contributed by atoms with Crippen LogP contribution in [0.2, 0.25) is 0 Å². The molecular formula is C15H20N2O2. The van der Waals surface area contributed by atoms with Crippen LogP contribution in [-0.2, 0) is 0 Å². The van der Waals surface area contributed by atoms with Gasteiger partial charge in [-0.3, -0.25) is 4.99 Å². The van der Waals surface area contributed by atoms with Gasteiger partial charge in [-0.05, 0) is 25.0 Å². The maximum atomic E-state index is 5.91. The number of amidine groups is 1. The summed E-state index contributed by atoms with van der Waals surface area (Å²) >= 11 is 0. The second-order valence-electron chi connectivity index (χ2n) is 5.02. The molecule has 0 saturated heterocycles. The Morgan fingerprint density at radius 3 is 3.00 bits per heavy atom. The number of benzene rings is 1. The Morgan fingerprint density at radius 2 is 2.05 bits per heavy atom. The molecule has 3 rings (SSSR count). The van der Waals surface area contributed by atoms with Gasteiger partial charge in [0.1, 0.15) is 12.7 Å². The molecule has 1 aromatic carbocycles. The molecular weight excluding hydrogens is 240 g/mol. The number of ether oxygens (including phenoxy) is 2. The zero-order chi connectivity index (χ0) is 12.9. The maximum absolute atomic E-state index is 5.91. The average molecular weight is 260 g/mol. The van der Waals surface area contributed by atoms with Crippen LogP contribution >= 0.6 is 0 Å². The Kier molecular flexibility index (Phi) is 3.86. The maximum Gasteiger partial charge on any atom is 0.161 e. The SMILES string of the molecule is c1ccc2c(c1)OC[C@@H](CNC1=NCCCCC1)O2. The quantitative estimate of drug-likeness (QED) is 0.888. The van der Waals surface area contributed by atoms with Gasteiger partial charge < -0.3 is 14.8 Å². The highest BCUT2D eigenvalue weighted by atomic mass is 16.6. The normalized spacial score (nSPS) is 22.3. The van der Waals surface area contributed by atoms with E-state index in [4.69, 9.17) is 9.47 Å². The molecule has 0 unspecified atom stereocenters. The highest BCUT2D eigenvalue weighted by molar-refractivity contribution is 5.82. The van der Waals surface area contributed by atoms with E-state index in [2.05, 4.69) is 10.3 Å². The molecule has 1 N–H and O–H groups in total. The number of nitrogens with zero attached hydrogens (tertiary/aromatic N) is 1. The number of aliphatic imine (C=N–C) groups is 1. The van der Waals surface area contributed by atoms with Crippen LogP contribution < -0.4 is 14.8 Å². The lowest BCUT2D eigenvalue weighted by Crippen LogP contribution is -2.40. The summed E-state index contributed by atoms with van der Waals surface area (Å²) in [4.78, 5) is 4.56. The molecule has 0 aromatic heterocycles. The van der Waals surface area contributed by atoms with Gasteiger partial charge in [0, 0.05) is 13.0 Å². The molecule has 4 heteroatoms. The third-order valence-electron chi connectivity index (χ3n) is 3.48. The molecule has 19 heavy (non-hydrogen) atoms. The van der Waals surface area contributed by atoms with Gasteiger partial charge in [0.25, 0.3) is 0 Å². The van der Waals surface area contributed by atoms with Crippen LogP contribution in [0.15, 0.2) is 29.3 Å². The van der Waals surface area contributed by atoms with E-state index in [1.54, 1.807) is 0 Å². The molecule has 4 nitrogen and oxygen atoms in total. The van der Waals surface area contributed by atoms with Crippen molar-refractivity contribution in [2.75, 3.05) is 19.7 Å². The van der Waals surface area contributed by atoms with Gasteiger partial charge in [0.05, 0.1) is 12.4 Å². The van der Waals surface area contributed by atoms with Crippen molar-refractivity contribution in [3.8, 4) is 11.5 Å². The van der Waals surface area contributed by atoms with E-state index < -0.39 is 0 Å². The van der Waals surface area contributed by atoms with E-state index in [0.29, 0.717) is 6.61 Å². The Labute approximate surface area is 113 Å². The first-order chi connectivity index (χ1) is 9.42. The Hall–Kier alpha value is -1.71. The second-order valence-corrected chi connectivity index (χ2v) is 5.02. The predicted octanol–water partition coefficient (Wildman–Crippen LogP) is 2.39. The van der Waals surface area contributed by atoms with Crippen molar-refractivity contribution in [2.45, 2.75) is 31.8 Å². The molecule has 0 saturated carbocycles. The first-order valence-corrected chi connectivity index (χ1v) is 7.07. The van der Waals surface area contributed by atoms with Crippen LogP contribution in [0.3, 0.4) is 0 Å². The summed E-state index contributed by atoms with van der Waals surface area (Å²) in [5.41, 5.74) is 0. The Balaban J connectivity index is 1.53. The van der Waals surface area contributed by atoms with E-state index in [1.807, 2.05) is 24.3 Å². The minimum Gasteiger partial charge on any atom is -0.486 e.